The van der Waals surface area contributed by atoms with Crippen LogP contribution in [0.15, 0.2) is 91.0 Å². The van der Waals surface area contributed by atoms with E-state index in [1.165, 1.54) is 50.1 Å². The minimum atomic E-state index is 1.04. The van der Waals surface area contributed by atoms with Crippen LogP contribution in [0.1, 0.15) is 16.7 Å². The molecule has 0 atom stereocenters. The van der Waals surface area contributed by atoms with Crippen LogP contribution in [0, 0.1) is 0 Å². The van der Waals surface area contributed by atoms with Crippen molar-refractivity contribution in [1.82, 2.24) is 0 Å². The molecule has 0 unspecified atom stereocenters. The molecule has 0 spiro atoms. The van der Waals surface area contributed by atoms with Crippen LogP contribution in [0.3, 0.4) is 0 Å². The Kier molecular flexibility index (Phi) is 7.86. The monoisotopic (exact) mass is 726 g/mol. The second kappa shape index (κ2) is 10.6. The Balaban J connectivity index is 1.83. The predicted octanol–water partition coefficient (Wildman–Crippen LogP) is 9.49. The van der Waals surface area contributed by atoms with E-state index in [0.29, 0.717) is 0 Å². The molecule has 0 heterocycles. The van der Waals surface area contributed by atoms with Crippen LogP contribution in [0.25, 0.3) is 33.4 Å². The minimum absolute atomic E-state index is 1.04. The Morgan fingerprint density at radius 1 is 0.333 bits per heavy atom. The summed E-state index contributed by atoms with van der Waals surface area (Å²) in [6.07, 6.45) is 0. The van der Waals surface area contributed by atoms with Gasteiger partial charge in [0.05, 0.1) is 0 Å². The lowest BCUT2D eigenvalue weighted by atomic mass is 9.92. The molecule has 0 N–H and O–H groups in total. The predicted molar refractivity (Wildman–Crippen MR) is 156 cm³/mol. The van der Waals surface area contributed by atoms with Crippen molar-refractivity contribution in [2.45, 2.75) is 13.3 Å². The van der Waals surface area contributed by atoms with Gasteiger partial charge in [-0.1, -0.05) is 141 Å². The van der Waals surface area contributed by atoms with Gasteiger partial charge in [0.25, 0.3) is 0 Å². The summed E-state index contributed by atoms with van der Waals surface area (Å²) in [6, 6.07) is 33.8. The largest absolute Gasteiger partial charge is 0.0812 e. The van der Waals surface area contributed by atoms with Gasteiger partial charge in [-0.15, -0.1) is 0 Å². The molecule has 0 amide bonds. The Morgan fingerprint density at radius 2 is 0.567 bits per heavy atom. The smallest absolute Gasteiger partial charge is 0.0247 e. The lowest BCUT2D eigenvalue weighted by molar-refractivity contribution is 1.44. The summed E-state index contributed by atoms with van der Waals surface area (Å²) in [5, 5.41) is 0. The fourth-order valence-corrected chi connectivity index (χ4v) is 5.01. The van der Waals surface area contributed by atoms with Crippen molar-refractivity contribution in [3.63, 3.8) is 0 Å². The molecule has 4 aromatic carbocycles. The van der Waals surface area contributed by atoms with Crippen molar-refractivity contribution in [3.8, 4) is 33.4 Å². The van der Waals surface area contributed by atoms with E-state index in [4.69, 9.17) is 0 Å². The summed E-state index contributed by atoms with van der Waals surface area (Å²) in [5.41, 5.74) is 11.7. The maximum absolute atomic E-state index is 2.42. The molecule has 0 aliphatic rings. The van der Waals surface area contributed by atoms with Crippen LogP contribution in [0.5, 0.6) is 0 Å². The maximum atomic E-state index is 2.42. The van der Waals surface area contributed by atoms with Gasteiger partial charge in [-0.3, -0.25) is 0 Å². The first-order chi connectivity index (χ1) is 14.7. The third-order valence-corrected chi connectivity index (χ3v) is 7.90. The molecule has 0 aromatic heterocycles. The SMILES string of the molecule is ICc1ccc(-c2cc(-c3ccc(CI)cc3)cc(-c3ccc(CI)cc3)c2)cc1. The molecular formula is C27H21I3. The van der Waals surface area contributed by atoms with Gasteiger partial charge in [0.15, 0.2) is 0 Å². The normalized spacial score (nSPS) is 10.9. The highest BCUT2D eigenvalue weighted by Gasteiger charge is 2.08. The van der Waals surface area contributed by atoms with E-state index in [1.54, 1.807) is 0 Å². The molecule has 0 saturated heterocycles. The van der Waals surface area contributed by atoms with Crippen LogP contribution in [-0.4, -0.2) is 0 Å². The van der Waals surface area contributed by atoms with Crippen molar-refractivity contribution in [2.24, 2.45) is 0 Å². The van der Waals surface area contributed by atoms with Gasteiger partial charge in [-0.05, 0) is 68.3 Å². The number of benzene rings is 4. The van der Waals surface area contributed by atoms with Crippen LogP contribution >= 0.6 is 67.8 Å². The van der Waals surface area contributed by atoms with E-state index in [9.17, 15) is 0 Å². The second-order valence-electron chi connectivity index (χ2n) is 7.29. The molecule has 150 valence electrons. The van der Waals surface area contributed by atoms with E-state index in [0.717, 1.165) is 13.3 Å². The first-order valence-electron chi connectivity index (χ1n) is 9.81. The number of rotatable bonds is 6. The topological polar surface area (TPSA) is 0 Å². The maximum Gasteiger partial charge on any atom is 0.0247 e. The van der Waals surface area contributed by atoms with Gasteiger partial charge in [-0.25, -0.2) is 0 Å². The quantitative estimate of drug-likeness (QED) is 0.137. The number of alkyl halides is 3. The summed E-state index contributed by atoms with van der Waals surface area (Å²) >= 11 is 7.25. The highest BCUT2D eigenvalue weighted by Crippen LogP contribution is 2.33. The molecule has 0 aliphatic carbocycles. The summed E-state index contributed by atoms with van der Waals surface area (Å²) in [5.74, 6) is 0. The van der Waals surface area contributed by atoms with E-state index in [1.807, 2.05) is 0 Å². The summed E-state index contributed by atoms with van der Waals surface area (Å²) in [7, 11) is 0. The summed E-state index contributed by atoms with van der Waals surface area (Å²) < 4.78 is 3.11. The number of hydrogen-bond donors (Lipinski definition) is 0. The van der Waals surface area contributed by atoms with E-state index < -0.39 is 0 Å². The number of halogens is 3. The van der Waals surface area contributed by atoms with Crippen LogP contribution < -0.4 is 0 Å². The van der Waals surface area contributed by atoms with Gasteiger partial charge in [-0.2, -0.15) is 0 Å². The molecular weight excluding hydrogens is 705 g/mol. The third-order valence-electron chi connectivity index (χ3n) is 5.26. The molecule has 4 aromatic rings. The van der Waals surface area contributed by atoms with Crippen molar-refractivity contribution in [2.75, 3.05) is 0 Å². The first kappa shape index (κ1) is 22.3. The molecule has 0 fully saturated rings. The van der Waals surface area contributed by atoms with Gasteiger partial charge in [0, 0.05) is 13.3 Å². The Bertz CT molecular complexity index is 954. The summed E-state index contributed by atoms with van der Waals surface area (Å²) in [4.78, 5) is 0. The van der Waals surface area contributed by atoms with E-state index in [2.05, 4.69) is 159 Å². The van der Waals surface area contributed by atoms with Gasteiger partial charge < -0.3 is 0 Å². The van der Waals surface area contributed by atoms with Crippen molar-refractivity contribution in [1.29, 1.82) is 0 Å². The minimum Gasteiger partial charge on any atom is -0.0812 e. The highest BCUT2D eigenvalue weighted by atomic mass is 127. The molecule has 0 aliphatic heterocycles. The van der Waals surface area contributed by atoms with Crippen LogP contribution in [0.4, 0.5) is 0 Å². The zero-order valence-electron chi connectivity index (χ0n) is 16.4. The van der Waals surface area contributed by atoms with Gasteiger partial charge in [0.2, 0.25) is 0 Å². The highest BCUT2D eigenvalue weighted by molar-refractivity contribution is 14.1. The third kappa shape index (κ3) is 5.27. The van der Waals surface area contributed by atoms with Crippen molar-refractivity contribution >= 4 is 67.8 Å². The zero-order chi connectivity index (χ0) is 20.9. The fourth-order valence-electron chi connectivity index (χ4n) is 3.49. The van der Waals surface area contributed by atoms with Gasteiger partial charge >= 0.3 is 0 Å². The first-order valence-corrected chi connectivity index (χ1v) is 14.4. The van der Waals surface area contributed by atoms with Crippen molar-refractivity contribution in [3.05, 3.63) is 108 Å². The fraction of sp³-hybridized carbons (Fsp3) is 0.111. The lowest BCUT2D eigenvalue weighted by Gasteiger charge is -2.12. The summed E-state index contributed by atoms with van der Waals surface area (Å²) in [6.45, 7) is 0. The molecule has 3 heteroatoms. The van der Waals surface area contributed by atoms with Gasteiger partial charge in [0.1, 0.15) is 0 Å². The lowest BCUT2D eigenvalue weighted by Crippen LogP contribution is -1.88. The molecule has 30 heavy (non-hydrogen) atoms. The number of hydrogen-bond acceptors (Lipinski definition) is 0. The van der Waals surface area contributed by atoms with Crippen LogP contribution in [0.2, 0.25) is 0 Å². The molecule has 0 saturated carbocycles. The zero-order valence-corrected chi connectivity index (χ0v) is 22.9. The molecule has 0 bridgehead atoms. The van der Waals surface area contributed by atoms with E-state index in [-0.39, 0.29) is 0 Å². The van der Waals surface area contributed by atoms with Crippen LogP contribution in [-0.2, 0) is 13.3 Å². The standard InChI is InChI=1S/C27H21I3/c28-16-19-1-7-22(8-2-19)25-13-26(23-9-3-20(17-29)4-10-23)15-27(14-25)24-11-5-21(18-30)6-12-24/h1-15H,16-18H2. The second-order valence-corrected chi connectivity index (χ2v) is 9.58. The Hall–Kier alpha value is -0.930. The molecule has 0 nitrogen and oxygen atoms in total. The van der Waals surface area contributed by atoms with E-state index >= 15 is 0 Å². The molecule has 0 radical (unpaired) electrons. The Labute approximate surface area is 219 Å². The van der Waals surface area contributed by atoms with Crippen molar-refractivity contribution < 1.29 is 0 Å². The average molecular weight is 726 g/mol. The average Bonchev–Trinajstić information content (AvgIpc) is 2.84. The molecule has 4 rings (SSSR count). The Morgan fingerprint density at radius 3 is 0.767 bits per heavy atom.